The van der Waals surface area contributed by atoms with Gasteiger partial charge in [0, 0.05) is 12.8 Å². The summed E-state index contributed by atoms with van der Waals surface area (Å²) in [4.78, 5) is 4.10. The van der Waals surface area contributed by atoms with Crippen LogP contribution in [-0.4, -0.2) is 12.8 Å². The Morgan fingerprint density at radius 1 is 1.31 bits per heavy atom. The van der Waals surface area contributed by atoms with Gasteiger partial charge in [0.2, 0.25) is 0 Å². The topological polar surface area (TPSA) is 35.4 Å². The minimum atomic E-state index is -0.104. The molecular formula is C13H18LiNO. The molecule has 0 aliphatic carbocycles. The minimum absolute atomic E-state index is 0. The molecule has 0 aliphatic heterocycles. The van der Waals surface area contributed by atoms with Crippen molar-refractivity contribution in [2.24, 2.45) is 4.99 Å². The summed E-state index contributed by atoms with van der Waals surface area (Å²) in [7, 11) is 0. The maximum Gasteiger partial charge on any atom is 1.00 e. The van der Waals surface area contributed by atoms with E-state index >= 15 is 0 Å². The van der Waals surface area contributed by atoms with E-state index in [1.807, 2.05) is 45.9 Å². The second kappa shape index (κ2) is 6.13. The molecule has 0 heterocycles. The Morgan fingerprint density at radius 2 is 1.94 bits per heavy atom. The third-order valence-corrected chi connectivity index (χ3v) is 2.27. The Balaban J connectivity index is 0.00000225. The maximum absolute atomic E-state index is 12.0. The molecule has 1 aromatic carbocycles. The van der Waals surface area contributed by atoms with Crippen molar-refractivity contribution in [3.63, 3.8) is 0 Å². The van der Waals surface area contributed by atoms with Crippen LogP contribution >= 0.6 is 0 Å². The molecule has 0 saturated carbocycles. The molecule has 1 aromatic rings. The molecular weight excluding hydrogens is 193 g/mol. The first kappa shape index (κ1) is 15.3. The zero-order valence-corrected chi connectivity index (χ0v) is 10.9. The quantitative estimate of drug-likeness (QED) is 0.480. The summed E-state index contributed by atoms with van der Waals surface area (Å²) in [5.74, 6) is 0.0993. The summed E-state index contributed by atoms with van der Waals surface area (Å²) in [6.07, 6.45) is 1.66. The zero-order chi connectivity index (χ0) is 11.5. The van der Waals surface area contributed by atoms with Crippen molar-refractivity contribution in [2.75, 3.05) is 6.54 Å². The van der Waals surface area contributed by atoms with Gasteiger partial charge in [-0.25, -0.2) is 0 Å². The summed E-state index contributed by atoms with van der Waals surface area (Å²) < 4.78 is 0. The SMILES string of the molecule is CCN=Cc1cccc(C(C)(C)C)c1[O-].[Li+]. The average molecular weight is 211 g/mol. The molecule has 0 unspecified atom stereocenters. The normalized spacial score (nSPS) is 11.5. The molecule has 0 aromatic heterocycles. The second-order valence-electron chi connectivity index (χ2n) is 4.60. The molecule has 82 valence electrons. The van der Waals surface area contributed by atoms with E-state index in [4.69, 9.17) is 0 Å². The number of para-hydroxylation sites is 1. The summed E-state index contributed by atoms with van der Waals surface area (Å²) >= 11 is 0. The van der Waals surface area contributed by atoms with Crippen molar-refractivity contribution in [2.45, 2.75) is 33.1 Å². The van der Waals surface area contributed by atoms with Crippen molar-refractivity contribution in [1.29, 1.82) is 0 Å². The first-order valence-corrected chi connectivity index (χ1v) is 5.27. The van der Waals surface area contributed by atoms with Crippen LogP contribution in [0.4, 0.5) is 0 Å². The fourth-order valence-corrected chi connectivity index (χ4v) is 1.44. The molecule has 0 spiro atoms. The van der Waals surface area contributed by atoms with Gasteiger partial charge in [-0.3, -0.25) is 4.99 Å². The average Bonchev–Trinajstić information content (AvgIpc) is 2.14. The standard InChI is InChI=1S/C13H19NO.Li/c1-5-14-9-10-7-6-8-11(12(10)15)13(2,3)4;/h6-9,15H,5H2,1-4H3;/q;+1/p-1. The van der Waals surface area contributed by atoms with Gasteiger partial charge in [0.25, 0.3) is 0 Å². The largest absolute Gasteiger partial charge is 1.00 e. The van der Waals surface area contributed by atoms with E-state index in [1.54, 1.807) is 6.21 Å². The zero-order valence-electron chi connectivity index (χ0n) is 10.9. The number of hydrogen-bond donors (Lipinski definition) is 0. The van der Waals surface area contributed by atoms with Gasteiger partial charge in [-0.05, 0) is 23.5 Å². The Kier molecular flexibility index (Phi) is 5.86. The number of benzene rings is 1. The van der Waals surface area contributed by atoms with Crippen LogP contribution in [0.2, 0.25) is 0 Å². The predicted molar refractivity (Wildman–Crippen MR) is 62.7 cm³/mol. The molecule has 0 fully saturated rings. The van der Waals surface area contributed by atoms with E-state index in [9.17, 15) is 5.11 Å². The molecule has 0 saturated heterocycles. The van der Waals surface area contributed by atoms with E-state index in [2.05, 4.69) is 4.99 Å². The molecule has 0 amide bonds. The van der Waals surface area contributed by atoms with Gasteiger partial charge in [0.1, 0.15) is 0 Å². The molecule has 1 rings (SSSR count). The van der Waals surface area contributed by atoms with Crippen LogP contribution in [0.1, 0.15) is 38.8 Å². The van der Waals surface area contributed by atoms with Crippen LogP contribution in [0.15, 0.2) is 23.2 Å². The molecule has 16 heavy (non-hydrogen) atoms. The van der Waals surface area contributed by atoms with Crippen LogP contribution in [0, 0.1) is 0 Å². The first-order chi connectivity index (χ1) is 6.96. The van der Waals surface area contributed by atoms with Crippen LogP contribution in [0.5, 0.6) is 5.75 Å². The van der Waals surface area contributed by atoms with Crippen molar-refractivity contribution < 1.29 is 24.0 Å². The molecule has 2 nitrogen and oxygen atoms in total. The predicted octanol–water partition coefficient (Wildman–Crippen LogP) is -0.499. The van der Waals surface area contributed by atoms with Gasteiger partial charge in [-0.15, -0.1) is 0 Å². The van der Waals surface area contributed by atoms with E-state index in [0.717, 1.165) is 5.56 Å². The first-order valence-electron chi connectivity index (χ1n) is 5.27. The summed E-state index contributed by atoms with van der Waals surface area (Å²) in [6.45, 7) is 8.80. The van der Waals surface area contributed by atoms with E-state index in [-0.39, 0.29) is 30.0 Å². The second-order valence-corrected chi connectivity index (χ2v) is 4.60. The Morgan fingerprint density at radius 3 is 2.44 bits per heavy atom. The Labute approximate surface area is 110 Å². The summed E-state index contributed by atoms with van der Waals surface area (Å²) in [6, 6.07) is 5.63. The van der Waals surface area contributed by atoms with Crippen molar-refractivity contribution in [3.05, 3.63) is 29.3 Å². The number of nitrogens with zero attached hydrogens (tertiary/aromatic N) is 1. The minimum Gasteiger partial charge on any atom is -0.872 e. The van der Waals surface area contributed by atoms with Crippen molar-refractivity contribution >= 4 is 6.21 Å². The van der Waals surface area contributed by atoms with Crippen LogP contribution in [0.25, 0.3) is 0 Å². The van der Waals surface area contributed by atoms with E-state index in [0.29, 0.717) is 12.1 Å². The Bertz CT molecular complexity index is 367. The van der Waals surface area contributed by atoms with Gasteiger partial charge in [-0.1, -0.05) is 44.7 Å². The molecule has 0 N–H and O–H groups in total. The van der Waals surface area contributed by atoms with Crippen molar-refractivity contribution in [3.8, 4) is 5.75 Å². The maximum atomic E-state index is 12.0. The molecule has 0 bridgehead atoms. The smallest absolute Gasteiger partial charge is 0.872 e. The third kappa shape index (κ3) is 3.70. The molecule has 3 heteroatoms. The van der Waals surface area contributed by atoms with Crippen LogP contribution < -0.4 is 24.0 Å². The van der Waals surface area contributed by atoms with Crippen molar-refractivity contribution in [1.82, 2.24) is 0 Å². The van der Waals surface area contributed by atoms with Crippen LogP contribution in [0.3, 0.4) is 0 Å². The summed E-state index contributed by atoms with van der Waals surface area (Å²) in [5, 5.41) is 12.0. The monoisotopic (exact) mass is 211 g/mol. The number of aliphatic imine (C=N–C) groups is 1. The van der Waals surface area contributed by atoms with Gasteiger partial charge in [0.05, 0.1) is 0 Å². The molecule has 0 aliphatic rings. The van der Waals surface area contributed by atoms with Gasteiger partial charge >= 0.3 is 18.9 Å². The van der Waals surface area contributed by atoms with E-state index < -0.39 is 0 Å². The Hall–Kier alpha value is -0.713. The van der Waals surface area contributed by atoms with Gasteiger partial charge in [0.15, 0.2) is 0 Å². The van der Waals surface area contributed by atoms with Gasteiger partial charge < -0.3 is 5.11 Å². The molecule has 0 radical (unpaired) electrons. The van der Waals surface area contributed by atoms with Gasteiger partial charge in [-0.2, -0.15) is 0 Å². The number of hydrogen-bond acceptors (Lipinski definition) is 2. The fourth-order valence-electron chi connectivity index (χ4n) is 1.44. The van der Waals surface area contributed by atoms with E-state index in [1.165, 1.54) is 0 Å². The van der Waals surface area contributed by atoms with Crippen LogP contribution in [-0.2, 0) is 5.41 Å². The number of rotatable bonds is 2. The third-order valence-electron chi connectivity index (χ3n) is 2.27. The summed E-state index contributed by atoms with van der Waals surface area (Å²) in [5.41, 5.74) is 1.43. The molecule has 0 atom stereocenters. The fraction of sp³-hybridized carbons (Fsp3) is 0.462.